The SMILES string of the molecule is CC(=O)Nc1cccc(Nc2cc(C(=O)O)ccc2F)c1. The van der Waals surface area contributed by atoms with Crippen LogP contribution in [0.5, 0.6) is 0 Å². The number of halogens is 1. The van der Waals surface area contributed by atoms with Gasteiger partial charge in [0.15, 0.2) is 0 Å². The Kier molecular flexibility index (Phi) is 4.18. The number of carboxylic acids is 1. The average molecular weight is 288 g/mol. The highest BCUT2D eigenvalue weighted by Crippen LogP contribution is 2.23. The van der Waals surface area contributed by atoms with Gasteiger partial charge in [-0.05, 0) is 36.4 Å². The highest BCUT2D eigenvalue weighted by atomic mass is 19.1. The summed E-state index contributed by atoms with van der Waals surface area (Å²) in [5.74, 6) is -1.92. The fourth-order valence-corrected chi connectivity index (χ4v) is 1.79. The van der Waals surface area contributed by atoms with E-state index in [0.717, 1.165) is 6.07 Å². The molecule has 0 aromatic heterocycles. The summed E-state index contributed by atoms with van der Waals surface area (Å²) >= 11 is 0. The normalized spacial score (nSPS) is 10.0. The third-order valence-electron chi connectivity index (χ3n) is 2.68. The summed E-state index contributed by atoms with van der Waals surface area (Å²) in [5.41, 5.74) is 1.12. The molecule has 0 saturated carbocycles. The Labute approximate surface area is 120 Å². The third-order valence-corrected chi connectivity index (χ3v) is 2.68. The number of anilines is 3. The van der Waals surface area contributed by atoms with Gasteiger partial charge in [0.1, 0.15) is 5.82 Å². The number of amides is 1. The van der Waals surface area contributed by atoms with E-state index in [0.29, 0.717) is 11.4 Å². The molecule has 0 bridgehead atoms. The summed E-state index contributed by atoms with van der Waals surface area (Å²) in [7, 11) is 0. The number of hydrogen-bond donors (Lipinski definition) is 3. The largest absolute Gasteiger partial charge is 0.478 e. The molecule has 0 aliphatic rings. The van der Waals surface area contributed by atoms with E-state index >= 15 is 0 Å². The maximum Gasteiger partial charge on any atom is 0.335 e. The minimum Gasteiger partial charge on any atom is -0.478 e. The van der Waals surface area contributed by atoms with Crippen molar-refractivity contribution in [2.24, 2.45) is 0 Å². The topological polar surface area (TPSA) is 78.4 Å². The number of aromatic carboxylic acids is 1. The first-order chi connectivity index (χ1) is 9.95. The maximum absolute atomic E-state index is 13.7. The van der Waals surface area contributed by atoms with Crippen LogP contribution in [0.2, 0.25) is 0 Å². The van der Waals surface area contributed by atoms with Crippen LogP contribution in [-0.2, 0) is 4.79 Å². The lowest BCUT2D eigenvalue weighted by Gasteiger charge is -2.10. The molecule has 2 aromatic rings. The zero-order chi connectivity index (χ0) is 15.4. The van der Waals surface area contributed by atoms with E-state index in [1.165, 1.54) is 19.1 Å². The first-order valence-corrected chi connectivity index (χ1v) is 6.13. The molecule has 3 N–H and O–H groups in total. The monoisotopic (exact) mass is 288 g/mol. The fourth-order valence-electron chi connectivity index (χ4n) is 1.79. The van der Waals surface area contributed by atoms with E-state index in [1.54, 1.807) is 24.3 Å². The van der Waals surface area contributed by atoms with E-state index < -0.39 is 11.8 Å². The second kappa shape index (κ2) is 6.04. The molecule has 0 radical (unpaired) electrons. The minimum atomic E-state index is -1.13. The zero-order valence-electron chi connectivity index (χ0n) is 11.2. The second-order valence-corrected chi connectivity index (χ2v) is 4.39. The second-order valence-electron chi connectivity index (χ2n) is 4.39. The van der Waals surface area contributed by atoms with Crippen molar-refractivity contribution < 1.29 is 19.1 Å². The Hall–Kier alpha value is -2.89. The van der Waals surface area contributed by atoms with Gasteiger partial charge in [-0.3, -0.25) is 4.79 Å². The highest BCUT2D eigenvalue weighted by Gasteiger charge is 2.09. The number of benzene rings is 2. The van der Waals surface area contributed by atoms with Crippen LogP contribution in [0.3, 0.4) is 0 Å². The van der Waals surface area contributed by atoms with Crippen LogP contribution in [0.1, 0.15) is 17.3 Å². The van der Waals surface area contributed by atoms with Crippen LogP contribution in [0, 0.1) is 5.82 Å². The van der Waals surface area contributed by atoms with Crippen molar-refractivity contribution in [1.29, 1.82) is 0 Å². The first kappa shape index (κ1) is 14.5. The van der Waals surface area contributed by atoms with E-state index in [1.807, 2.05) is 0 Å². The molecule has 0 aliphatic carbocycles. The van der Waals surface area contributed by atoms with Gasteiger partial charge in [0.25, 0.3) is 0 Å². The summed E-state index contributed by atoms with van der Waals surface area (Å²) in [6.07, 6.45) is 0. The van der Waals surface area contributed by atoms with E-state index in [9.17, 15) is 14.0 Å². The van der Waals surface area contributed by atoms with E-state index in [-0.39, 0.29) is 17.2 Å². The molecule has 2 aromatic carbocycles. The van der Waals surface area contributed by atoms with Gasteiger partial charge < -0.3 is 15.7 Å². The Morgan fingerprint density at radius 2 is 1.81 bits per heavy atom. The molecule has 0 unspecified atom stereocenters. The Morgan fingerprint density at radius 1 is 1.10 bits per heavy atom. The summed E-state index contributed by atoms with van der Waals surface area (Å²) < 4.78 is 13.7. The summed E-state index contributed by atoms with van der Waals surface area (Å²) in [6, 6.07) is 10.2. The molecule has 0 atom stereocenters. The van der Waals surface area contributed by atoms with Crippen molar-refractivity contribution in [3.8, 4) is 0 Å². The number of rotatable bonds is 4. The third kappa shape index (κ3) is 3.79. The van der Waals surface area contributed by atoms with Gasteiger partial charge in [0.05, 0.1) is 11.3 Å². The first-order valence-electron chi connectivity index (χ1n) is 6.13. The van der Waals surface area contributed by atoms with Crippen LogP contribution < -0.4 is 10.6 Å². The minimum absolute atomic E-state index is 0.0167. The molecule has 2 rings (SSSR count). The van der Waals surface area contributed by atoms with Gasteiger partial charge in [-0.2, -0.15) is 0 Å². The molecular weight excluding hydrogens is 275 g/mol. The summed E-state index contributed by atoms with van der Waals surface area (Å²) in [6.45, 7) is 1.39. The molecule has 21 heavy (non-hydrogen) atoms. The van der Waals surface area contributed by atoms with E-state index in [4.69, 9.17) is 5.11 Å². The Balaban J connectivity index is 2.27. The van der Waals surface area contributed by atoms with E-state index in [2.05, 4.69) is 10.6 Å². The predicted molar refractivity (Wildman–Crippen MR) is 77.4 cm³/mol. The molecule has 0 heterocycles. The number of carbonyl (C=O) groups excluding carboxylic acids is 1. The van der Waals surface area contributed by atoms with Crippen molar-refractivity contribution in [3.05, 3.63) is 53.8 Å². The Morgan fingerprint density at radius 3 is 2.48 bits per heavy atom. The quantitative estimate of drug-likeness (QED) is 0.807. The fraction of sp³-hybridized carbons (Fsp3) is 0.0667. The van der Waals surface area contributed by atoms with Crippen LogP contribution in [0.15, 0.2) is 42.5 Å². The Bertz CT molecular complexity index is 701. The molecule has 0 spiro atoms. The molecule has 5 nitrogen and oxygen atoms in total. The molecular formula is C15H13FN2O3. The molecule has 108 valence electrons. The predicted octanol–water partition coefficient (Wildman–Crippen LogP) is 3.23. The molecule has 0 saturated heterocycles. The average Bonchev–Trinajstić information content (AvgIpc) is 2.40. The number of nitrogens with one attached hydrogen (secondary N) is 2. The van der Waals surface area contributed by atoms with Crippen molar-refractivity contribution in [2.75, 3.05) is 10.6 Å². The smallest absolute Gasteiger partial charge is 0.335 e. The standard InChI is InChI=1S/C15H13FN2O3/c1-9(19)17-11-3-2-4-12(8-11)18-14-7-10(15(20)21)5-6-13(14)16/h2-8,18H,1H3,(H,17,19)(H,20,21). The molecule has 6 heteroatoms. The van der Waals surface area contributed by atoms with Gasteiger partial charge >= 0.3 is 5.97 Å². The number of hydrogen-bond acceptors (Lipinski definition) is 3. The molecule has 1 amide bonds. The van der Waals surface area contributed by atoms with Crippen molar-refractivity contribution in [1.82, 2.24) is 0 Å². The summed E-state index contributed by atoms with van der Waals surface area (Å²) in [4.78, 5) is 21.9. The van der Waals surface area contributed by atoms with Crippen molar-refractivity contribution in [3.63, 3.8) is 0 Å². The van der Waals surface area contributed by atoms with Crippen LogP contribution >= 0.6 is 0 Å². The maximum atomic E-state index is 13.7. The lowest BCUT2D eigenvalue weighted by Crippen LogP contribution is -2.06. The number of carboxylic acid groups (broad SMARTS) is 1. The highest BCUT2D eigenvalue weighted by molar-refractivity contribution is 5.90. The van der Waals surface area contributed by atoms with Crippen molar-refractivity contribution in [2.45, 2.75) is 6.92 Å². The van der Waals surface area contributed by atoms with Gasteiger partial charge in [0.2, 0.25) is 5.91 Å². The number of carbonyl (C=O) groups is 2. The van der Waals surface area contributed by atoms with Gasteiger partial charge in [-0.15, -0.1) is 0 Å². The molecule has 0 fully saturated rings. The van der Waals surface area contributed by atoms with Crippen molar-refractivity contribution >= 4 is 28.9 Å². The van der Waals surface area contributed by atoms with Gasteiger partial charge in [-0.1, -0.05) is 6.07 Å². The van der Waals surface area contributed by atoms with Crippen LogP contribution in [0.4, 0.5) is 21.5 Å². The lowest BCUT2D eigenvalue weighted by atomic mass is 10.2. The summed E-state index contributed by atoms with van der Waals surface area (Å²) in [5, 5.41) is 14.3. The van der Waals surface area contributed by atoms with Crippen LogP contribution in [-0.4, -0.2) is 17.0 Å². The zero-order valence-corrected chi connectivity index (χ0v) is 11.2. The van der Waals surface area contributed by atoms with Crippen LogP contribution in [0.25, 0.3) is 0 Å². The lowest BCUT2D eigenvalue weighted by molar-refractivity contribution is -0.114. The molecule has 0 aliphatic heterocycles. The van der Waals surface area contributed by atoms with Gasteiger partial charge in [-0.25, -0.2) is 9.18 Å². The van der Waals surface area contributed by atoms with Gasteiger partial charge in [0, 0.05) is 18.3 Å².